The predicted octanol–water partition coefficient (Wildman–Crippen LogP) is 3.66. The topological polar surface area (TPSA) is 141 Å². The number of phenols is 2. The summed E-state index contributed by atoms with van der Waals surface area (Å²) in [5.41, 5.74) is -0.442. The van der Waals surface area contributed by atoms with Crippen LogP contribution in [0.2, 0.25) is 0 Å². The van der Waals surface area contributed by atoms with E-state index < -0.39 is 34.0 Å². The van der Waals surface area contributed by atoms with E-state index >= 15 is 0 Å². The number of nitro groups is 1. The number of hydrogen-bond acceptors (Lipinski definition) is 9. The summed E-state index contributed by atoms with van der Waals surface area (Å²) in [7, 11) is 1.23. The Hall–Kier alpha value is -3.89. The molecule has 0 fully saturated rings. The quantitative estimate of drug-likeness (QED) is 0.464. The third-order valence-electron chi connectivity index (χ3n) is 3.81. The fourth-order valence-corrected chi connectivity index (χ4v) is 2.56. The van der Waals surface area contributed by atoms with Gasteiger partial charge in [-0.1, -0.05) is 5.16 Å². The standard InChI is InChI=1S/C18H16FN3O7/c1-8(2)28-16-10(7-13(27-3)15(24)14(16)22(25)26)18-20-17(21-29-18)9-4-5-11(19)12(23)6-9/h4-8,23-24H,1-3H3. The molecule has 0 radical (unpaired) electrons. The first kappa shape index (κ1) is 19.9. The molecule has 0 atom stereocenters. The van der Waals surface area contributed by atoms with Gasteiger partial charge in [0.1, 0.15) is 0 Å². The Labute approximate surface area is 163 Å². The van der Waals surface area contributed by atoms with Crippen LogP contribution in [-0.4, -0.2) is 38.5 Å². The zero-order valence-electron chi connectivity index (χ0n) is 15.5. The van der Waals surface area contributed by atoms with Crippen LogP contribution in [0.4, 0.5) is 10.1 Å². The zero-order valence-corrected chi connectivity index (χ0v) is 15.5. The van der Waals surface area contributed by atoms with Gasteiger partial charge in [-0.25, -0.2) is 4.39 Å². The van der Waals surface area contributed by atoms with Crippen LogP contribution in [0.5, 0.6) is 23.0 Å². The van der Waals surface area contributed by atoms with Crippen LogP contribution >= 0.6 is 0 Å². The summed E-state index contributed by atoms with van der Waals surface area (Å²) < 4.78 is 29.0. The lowest BCUT2D eigenvalue weighted by molar-refractivity contribution is -0.387. The molecule has 0 amide bonds. The summed E-state index contributed by atoms with van der Waals surface area (Å²) >= 11 is 0. The minimum Gasteiger partial charge on any atom is -0.505 e. The molecule has 3 rings (SSSR count). The van der Waals surface area contributed by atoms with Crippen molar-refractivity contribution in [2.24, 2.45) is 0 Å². The van der Waals surface area contributed by atoms with Crippen LogP contribution in [0.3, 0.4) is 0 Å². The molecule has 2 N–H and O–H groups in total. The number of phenolic OH excluding ortho intramolecular Hbond substituents is 2. The third-order valence-corrected chi connectivity index (χ3v) is 3.81. The number of benzene rings is 2. The molecule has 2 aromatic carbocycles. The second kappa shape index (κ2) is 7.62. The summed E-state index contributed by atoms with van der Waals surface area (Å²) in [6, 6.07) is 4.73. The largest absolute Gasteiger partial charge is 0.505 e. The molecule has 0 bridgehead atoms. The Morgan fingerprint density at radius 2 is 2.00 bits per heavy atom. The highest BCUT2D eigenvalue weighted by molar-refractivity contribution is 5.78. The van der Waals surface area contributed by atoms with E-state index in [1.807, 2.05) is 0 Å². The van der Waals surface area contributed by atoms with Crippen molar-refractivity contribution in [2.45, 2.75) is 20.0 Å². The van der Waals surface area contributed by atoms with E-state index in [1.54, 1.807) is 13.8 Å². The SMILES string of the molecule is COc1cc(-c2nc(-c3ccc(F)c(O)c3)no2)c(OC(C)C)c([N+](=O)[O-])c1O. The molecule has 11 heteroatoms. The first-order valence-corrected chi connectivity index (χ1v) is 8.30. The molecule has 1 aromatic heterocycles. The molecule has 29 heavy (non-hydrogen) atoms. The van der Waals surface area contributed by atoms with Crippen LogP contribution < -0.4 is 9.47 Å². The van der Waals surface area contributed by atoms with Gasteiger partial charge in [0, 0.05) is 11.6 Å². The van der Waals surface area contributed by atoms with Crippen molar-refractivity contribution in [1.29, 1.82) is 0 Å². The number of halogens is 1. The van der Waals surface area contributed by atoms with Gasteiger partial charge in [-0.3, -0.25) is 10.1 Å². The van der Waals surface area contributed by atoms with Crippen molar-refractivity contribution in [3.8, 4) is 45.8 Å². The van der Waals surface area contributed by atoms with Crippen LogP contribution in [-0.2, 0) is 0 Å². The molecule has 152 valence electrons. The van der Waals surface area contributed by atoms with Gasteiger partial charge in [-0.2, -0.15) is 4.98 Å². The highest BCUT2D eigenvalue weighted by Gasteiger charge is 2.32. The summed E-state index contributed by atoms with van der Waals surface area (Å²) in [4.78, 5) is 14.9. The summed E-state index contributed by atoms with van der Waals surface area (Å²) in [6.45, 7) is 3.30. The predicted molar refractivity (Wildman–Crippen MR) is 97.4 cm³/mol. The second-order valence-electron chi connectivity index (χ2n) is 6.17. The van der Waals surface area contributed by atoms with Gasteiger partial charge in [0.05, 0.1) is 23.7 Å². The fourth-order valence-electron chi connectivity index (χ4n) is 2.56. The molecule has 0 unspecified atom stereocenters. The smallest absolute Gasteiger partial charge is 0.356 e. The number of aromatic nitrogens is 2. The van der Waals surface area contributed by atoms with E-state index in [0.717, 1.165) is 12.1 Å². The number of hydrogen-bond donors (Lipinski definition) is 2. The van der Waals surface area contributed by atoms with Crippen LogP contribution in [0, 0.1) is 15.9 Å². The normalized spacial score (nSPS) is 10.9. The molecule has 0 aliphatic rings. The lowest BCUT2D eigenvalue weighted by Crippen LogP contribution is -2.09. The molecule has 1 heterocycles. The van der Waals surface area contributed by atoms with Crippen LogP contribution in [0.1, 0.15) is 13.8 Å². The van der Waals surface area contributed by atoms with E-state index in [-0.39, 0.29) is 34.3 Å². The Bertz CT molecular complexity index is 1080. The number of nitrogens with zero attached hydrogens (tertiary/aromatic N) is 3. The fraction of sp³-hybridized carbons (Fsp3) is 0.222. The number of aromatic hydroxyl groups is 2. The van der Waals surface area contributed by atoms with Crippen molar-refractivity contribution in [1.82, 2.24) is 10.1 Å². The van der Waals surface area contributed by atoms with Gasteiger partial charge >= 0.3 is 5.69 Å². The summed E-state index contributed by atoms with van der Waals surface area (Å²) in [5, 5.41) is 35.0. The maximum atomic E-state index is 13.3. The molecular weight excluding hydrogens is 389 g/mol. The van der Waals surface area contributed by atoms with E-state index in [4.69, 9.17) is 14.0 Å². The van der Waals surface area contributed by atoms with Crippen molar-refractivity contribution in [2.75, 3.05) is 7.11 Å². The summed E-state index contributed by atoms with van der Waals surface area (Å²) in [5.74, 6) is -2.76. The molecule has 0 aliphatic heterocycles. The van der Waals surface area contributed by atoms with Crippen LogP contribution in [0.15, 0.2) is 28.8 Å². The van der Waals surface area contributed by atoms with Crippen LogP contribution in [0.25, 0.3) is 22.8 Å². The van der Waals surface area contributed by atoms with Crippen molar-refractivity contribution >= 4 is 5.69 Å². The molecule has 0 saturated heterocycles. The van der Waals surface area contributed by atoms with Crippen molar-refractivity contribution in [3.05, 3.63) is 40.2 Å². The number of methoxy groups -OCH3 is 1. The molecule has 3 aromatic rings. The third kappa shape index (κ3) is 3.74. The highest BCUT2D eigenvalue weighted by atomic mass is 19.1. The first-order valence-electron chi connectivity index (χ1n) is 8.30. The monoisotopic (exact) mass is 405 g/mol. The summed E-state index contributed by atoms with van der Waals surface area (Å²) in [6.07, 6.45) is -0.475. The van der Waals surface area contributed by atoms with Gasteiger partial charge in [0.2, 0.25) is 17.3 Å². The van der Waals surface area contributed by atoms with Crippen molar-refractivity contribution in [3.63, 3.8) is 0 Å². The van der Waals surface area contributed by atoms with E-state index in [2.05, 4.69) is 10.1 Å². The maximum Gasteiger partial charge on any atom is 0.356 e. The van der Waals surface area contributed by atoms with Crippen molar-refractivity contribution < 1.29 is 33.5 Å². The van der Waals surface area contributed by atoms with Gasteiger partial charge in [-0.15, -0.1) is 0 Å². The average Bonchev–Trinajstić information content (AvgIpc) is 3.13. The van der Waals surface area contributed by atoms with Gasteiger partial charge in [-0.05, 0) is 32.0 Å². The lowest BCUT2D eigenvalue weighted by Gasteiger charge is -2.15. The van der Waals surface area contributed by atoms with Gasteiger partial charge in [0.25, 0.3) is 5.89 Å². The first-order chi connectivity index (χ1) is 13.7. The number of ether oxygens (including phenoxy) is 2. The van der Waals surface area contributed by atoms with Gasteiger partial charge in [0.15, 0.2) is 17.3 Å². The average molecular weight is 405 g/mol. The minimum absolute atomic E-state index is 0.000455. The Balaban J connectivity index is 2.19. The second-order valence-corrected chi connectivity index (χ2v) is 6.17. The van der Waals surface area contributed by atoms with E-state index in [9.17, 15) is 24.7 Å². The zero-order chi connectivity index (χ0) is 21.3. The number of rotatable bonds is 6. The van der Waals surface area contributed by atoms with Gasteiger partial charge < -0.3 is 24.2 Å². The lowest BCUT2D eigenvalue weighted by atomic mass is 10.1. The van der Waals surface area contributed by atoms with E-state index in [1.165, 1.54) is 19.2 Å². The van der Waals surface area contributed by atoms with E-state index in [0.29, 0.717) is 0 Å². The Kier molecular flexibility index (Phi) is 5.22. The number of nitro benzene ring substituents is 1. The molecule has 10 nitrogen and oxygen atoms in total. The minimum atomic E-state index is -0.816. The Morgan fingerprint density at radius 1 is 1.28 bits per heavy atom. The molecular formula is C18H16FN3O7. The molecule has 0 spiro atoms. The Morgan fingerprint density at radius 3 is 2.59 bits per heavy atom. The maximum absolute atomic E-state index is 13.3. The highest BCUT2D eigenvalue weighted by Crippen LogP contribution is 2.49. The molecule has 0 aliphatic carbocycles. The molecule has 0 saturated carbocycles.